The van der Waals surface area contributed by atoms with E-state index in [2.05, 4.69) is 14.9 Å². The van der Waals surface area contributed by atoms with Crippen LogP contribution >= 0.6 is 0 Å². The molecule has 4 rings (SSSR count). The Labute approximate surface area is 119 Å². The summed E-state index contributed by atoms with van der Waals surface area (Å²) in [5, 5.41) is 0. The van der Waals surface area contributed by atoms with Crippen molar-refractivity contribution in [2.45, 2.75) is 64.0 Å². The number of amides is 1. The summed E-state index contributed by atoms with van der Waals surface area (Å²) in [6.07, 6.45) is 9.71. The number of aryl methyl sites for hydroxylation is 1. The van der Waals surface area contributed by atoms with Crippen molar-refractivity contribution in [3.8, 4) is 0 Å². The standard InChI is InChI=1S/C16H21N3O/c1-10-17-9-13-14(18-10)8-12-6-7-15(13)19(12)16(20)11-4-2-3-5-11/h9,11-12,15H,2-8H2,1H3. The molecule has 2 unspecified atom stereocenters. The normalized spacial score (nSPS) is 28.8. The van der Waals surface area contributed by atoms with E-state index in [1.54, 1.807) is 0 Å². The van der Waals surface area contributed by atoms with Crippen LogP contribution in [0, 0.1) is 12.8 Å². The van der Waals surface area contributed by atoms with Crippen molar-refractivity contribution in [1.82, 2.24) is 14.9 Å². The molecule has 1 aromatic rings. The maximum absolute atomic E-state index is 12.8. The fourth-order valence-electron chi connectivity index (χ4n) is 4.30. The molecule has 0 radical (unpaired) electrons. The lowest BCUT2D eigenvalue weighted by atomic mass is 9.96. The summed E-state index contributed by atoms with van der Waals surface area (Å²) in [6.45, 7) is 1.94. The fourth-order valence-corrected chi connectivity index (χ4v) is 4.30. The molecule has 1 saturated heterocycles. The second-order valence-electron chi connectivity index (χ2n) is 6.50. The number of hydrogen-bond donors (Lipinski definition) is 0. The number of nitrogens with zero attached hydrogens (tertiary/aromatic N) is 3. The van der Waals surface area contributed by atoms with Gasteiger partial charge in [-0.3, -0.25) is 4.79 Å². The lowest BCUT2D eigenvalue weighted by Crippen LogP contribution is -2.44. The third-order valence-corrected chi connectivity index (χ3v) is 5.27. The van der Waals surface area contributed by atoms with Gasteiger partial charge in [0, 0.05) is 30.1 Å². The molecule has 0 spiro atoms. The first-order valence-corrected chi connectivity index (χ1v) is 7.88. The van der Waals surface area contributed by atoms with Crippen LogP contribution < -0.4 is 0 Å². The summed E-state index contributed by atoms with van der Waals surface area (Å²) in [6, 6.07) is 0.632. The van der Waals surface area contributed by atoms with Crippen molar-refractivity contribution in [2.75, 3.05) is 0 Å². The van der Waals surface area contributed by atoms with Gasteiger partial charge in [0.1, 0.15) is 5.82 Å². The van der Waals surface area contributed by atoms with Gasteiger partial charge in [0.2, 0.25) is 5.91 Å². The lowest BCUT2D eigenvalue weighted by Gasteiger charge is -2.37. The van der Waals surface area contributed by atoms with Gasteiger partial charge >= 0.3 is 0 Å². The first kappa shape index (κ1) is 12.3. The van der Waals surface area contributed by atoms with Crippen LogP contribution in [0.15, 0.2) is 6.20 Å². The summed E-state index contributed by atoms with van der Waals surface area (Å²) in [5.41, 5.74) is 2.39. The molecule has 106 valence electrons. The molecular formula is C16H21N3O. The van der Waals surface area contributed by atoms with E-state index in [0.717, 1.165) is 37.9 Å². The highest BCUT2D eigenvalue weighted by Crippen LogP contribution is 2.44. The zero-order chi connectivity index (χ0) is 13.7. The number of hydrogen-bond acceptors (Lipinski definition) is 3. The van der Waals surface area contributed by atoms with E-state index in [9.17, 15) is 4.79 Å². The quantitative estimate of drug-likeness (QED) is 0.788. The van der Waals surface area contributed by atoms with Crippen molar-refractivity contribution >= 4 is 5.91 Å². The van der Waals surface area contributed by atoms with Gasteiger partial charge in [-0.25, -0.2) is 9.97 Å². The zero-order valence-corrected chi connectivity index (χ0v) is 12.0. The fraction of sp³-hybridized carbons (Fsp3) is 0.688. The second kappa shape index (κ2) is 4.54. The zero-order valence-electron chi connectivity index (χ0n) is 12.0. The Morgan fingerprint density at radius 1 is 1.25 bits per heavy atom. The topological polar surface area (TPSA) is 46.1 Å². The van der Waals surface area contributed by atoms with Gasteiger partial charge < -0.3 is 4.90 Å². The third kappa shape index (κ3) is 1.77. The molecule has 4 heteroatoms. The first-order chi connectivity index (χ1) is 9.74. The van der Waals surface area contributed by atoms with Gasteiger partial charge in [0.15, 0.2) is 0 Å². The lowest BCUT2D eigenvalue weighted by molar-refractivity contribution is -0.139. The van der Waals surface area contributed by atoms with Crippen LogP contribution in [0.4, 0.5) is 0 Å². The highest BCUT2D eigenvalue weighted by molar-refractivity contribution is 5.80. The SMILES string of the molecule is Cc1ncc2c(n1)CC1CCC2N1C(=O)C1CCCC1. The smallest absolute Gasteiger partial charge is 0.226 e. The van der Waals surface area contributed by atoms with Crippen molar-refractivity contribution in [2.24, 2.45) is 5.92 Å². The molecular weight excluding hydrogens is 250 g/mol. The number of rotatable bonds is 1. The molecule has 1 aromatic heterocycles. The third-order valence-electron chi connectivity index (χ3n) is 5.27. The second-order valence-corrected chi connectivity index (χ2v) is 6.50. The van der Waals surface area contributed by atoms with E-state index in [1.807, 2.05) is 13.1 Å². The Morgan fingerprint density at radius 3 is 2.85 bits per heavy atom. The minimum atomic E-state index is 0.248. The number of carbonyl (C=O) groups is 1. The molecule has 0 N–H and O–H groups in total. The summed E-state index contributed by atoms with van der Waals surface area (Å²) in [7, 11) is 0. The molecule has 20 heavy (non-hydrogen) atoms. The predicted octanol–water partition coefficient (Wildman–Crippen LogP) is 2.56. The minimum absolute atomic E-state index is 0.248. The van der Waals surface area contributed by atoms with E-state index >= 15 is 0 Å². The molecule has 1 saturated carbocycles. The summed E-state index contributed by atoms with van der Waals surface area (Å²) in [4.78, 5) is 24.0. The van der Waals surface area contributed by atoms with Gasteiger partial charge in [-0.1, -0.05) is 12.8 Å². The summed E-state index contributed by atoms with van der Waals surface area (Å²) in [5.74, 6) is 1.53. The molecule has 1 aliphatic carbocycles. The van der Waals surface area contributed by atoms with Crippen LogP contribution in [-0.4, -0.2) is 26.8 Å². The van der Waals surface area contributed by atoms with Crippen LogP contribution in [-0.2, 0) is 11.2 Å². The molecule has 3 heterocycles. The highest BCUT2D eigenvalue weighted by atomic mass is 16.2. The average Bonchev–Trinajstić information content (AvgIpc) is 3.06. The molecule has 2 bridgehead atoms. The van der Waals surface area contributed by atoms with Gasteiger partial charge in [-0.15, -0.1) is 0 Å². The van der Waals surface area contributed by atoms with Crippen molar-refractivity contribution in [3.63, 3.8) is 0 Å². The molecule has 2 fully saturated rings. The molecule has 1 amide bonds. The Morgan fingerprint density at radius 2 is 2.05 bits per heavy atom. The average molecular weight is 271 g/mol. The maximum atomic E-state index is 12.8. The van der Waals surface area contributed by atoms with E-state index in [-0.39, 0.29) is 12.0 Å². The molecule has 4 nitrogen and oxygen atoms in total. The van der Waals surface area contributed by atoms with E-state index < -0.39 is 0 Å². The van der Waals surface area contributed by atoms with E-state index in [0.29, 0.717) is 11.9 Å². The number of aromatic nitrogens is 2. The predicted molar refractivity (Wildman–Crippen MR) is 75.0 cm³/mol. The summed E-state index contributed by atoms with van der Waals surface area (Å²) >= 11 is 0. The maximum Gasteiger partial charge on any atom is 0.226 e. The van der Waals surface area contributed by atoms with Crippen LogP contribution in [0.2, 0.25) is 0 Å². The van der Waals surface area contributed by atoms with Crippen molar-refractivity contribution in [3.05, 3.63) is 23.3 Å². The van der Waals surface area contributed by atoms with Crippen LogP contribution in [0.1, 0.15) is 61.6 Å². The number of fused-ring (bicyclic) bond motifs is 4. The highest BCUT2D eigenvalue weighted by Gasteiger charge is 2.45. The Balaban J connectivity index is 1.67. The summed E-state index contributed by atoms with van der Waals surface area (Å²) < 4.78 is 0. The largest absolute Gasteiger partial charge is 0.332 e. The van der Waals surface area contributed by atoms with Crippen LogP contribution in [0.3, 0.4) is 0 Å². The monoisotopic (exact) mass is 271 g/mol. The molecule has 2 atom stereocenters. The Kier molecular flexibility index (Phi) is 2.79. The van der Waals surface area contributed by atoms with Crippen molar-refractivity contribution in [1.29, 1.82) is 0 Å². The van der Waals surface area contributed by atoms with E-state index in [1.165, 1.54) is 24.1 Å². The van der Waals surface area contributed by atoms with Gasteiger partial charge in [-0.05, 0) is 32.6 Å². The van der Waals surface area contributed by atoms with Gasteiger partial charge in [-0.2, -0.15) is 0 Å². The van der Waals surface area contributed by atoms with Gasteiger partial charge in [0.05, 0.1) is 11.7 Å². The minimum Gasteiger partial charge on any atom is -0.332 e. The van der Waals surface area contributed by atoms with E-state index in [4.69, 9.17) is 0 Å². The van der Waals surface area contributed by atoms with Gasteiger partial charge in [0.25, 0.3) is 0 Å². The van der Waals surface area contributed by atoms with Crippen molar-refractivity contribution < 1.29 is 4.79 Å². The molecule has 3 aliphatic rings. The molecule has 0 aromatic carbocycles. The number of carbonyl (C=O) groups excluding carboxylic acids is 1. The van der Waals surface area contributed by atoms with Crippen LogP contribution in [0.25, 0.3) is 0 Å². The Bertz CT molecular complexity index is 551. The Hall–Kier alpha value is -1.45. The molecule has 2 aliphatic heterocycles. The first-order valence-electron chi connectivity index (χ1n) is 7.88. The van der Waals surface area contributed by atoms with Crippen LogP contribution in [0.5, 0.6) is 0 Å².